The van der Waals surface area contributed by atoms with E-state index in [2.05, 4.69) is 4.98 Å². The first-order chi connectivity index (χ1) is 15.1. The largest absolute Gasteiger partial charge is 0.461 e. The zero-order chi connectivity index (χ0) is 21.8. The maximum absolute atomic E-state index is 12.6. The van der Waals surface area contributed by atoms with Crippen LogP contribution in [0.15, 0.2) is 83.3 Å². The summed E-state index contributed by atoms with van der Waals surface area (Å²) < 4.78 is 11.2. The fraction of sp³-hybridized carbons (Fsp3) is 0.0833. The molecule has 0 radical (unpaired) electrons. The normalized spacial score (nSPS) is 10.6. The molecule has 0 aliphatic carbocycles. The van der Waals surface area contributed by atoms with Crippen molar-refractivity contribution in [3.63, 3.8) is 0 Å². The molecule has 1 aromatic heterocycles. The Morgan fingerprint density at radius 1 is 0.935 bits per heavy atom. The van der Waals surface area contributed by atoms with Crippen LogP contribution in [0.4, 0.5) is 5.69 Å². The van der Waals surface area contributed by atoms with Crippen molar-refractivity contribution in [2.24, 2.45) is 0 Å². The summed E-state index contributed by atoms with van der Waals surface area (Å²) in [4.78, 5) is 27.5. The van der Waals surface area contributed by atoms with Crippen molar-refractivity contribution in [1.29, 1.82) is 0 Å². The highest BCUT2D eigenvalue weighted by Gasteiger charge is 2.25. The Morgan fingerprint density at radius 3 is 2.23 bits per heavy atom. The summed E-state index contributed by atoms with van der Waals surface area (Å²) in [5.74, 6) is -0.162. The average molecular weight is 414 g/mol. The summed E-state index contributed by atoms with van der Waals surface area (Å²) in [5.41, 5.74) is 3.04. The summed E-state index contributed by atoms with van der Waals surface area (Å²) in [6.07, 6.45) is 0. The van der Waals surface area contributed by atoms with E-state index in [4.69, 9.17) is 9.15 Å². The Kier molecular flexibility index (Phi) is 5.57. The molecule has 0 fully saturated rings. The van der Waals surface area contributed by atoms with Gasteiger partial charge in [0.2, 0.25) is 5.89 Å². The number of benzene rings is 3. The van der Waals surface area contributed by atoms with Crippen LogP contribution in [0.25, 0.3) is 33.9 Å². The SMILES string of the molecule is CCOC(=O)c1nc(-c2ccccc2-c2ccccc2)oc1-c1ccc([N+](=O)[O-])cc1. The molecule has 0 amide bonds. The highest BCUT2D eigenvalue weighted by Crippen LogP contribution is 2.36. The van der Waals surface area contributed by atoms with Crippen molar-refractivity contribution in [2.45, 2.75) is 6.92 Å². The van der Waals surface area contributed by atoms with Crippen LogP contribution in [0.3, 0.4) is 0 Å². The minimum Gasteiger partial charge on any atom is -0.461 e. The Morgan fingerprint density at radius 2 is 1.58 bits per heavy atom. The molecular formula is C24H18N2O5. The molecule has 154 valence electrons. The number of carbonyl (C=O) groups is 1. The van der Waals surface area contributed by atoms with Gasteiger partial charge in [-0.1, -0.05) is 48.5 Å². The van der Waals surface area contributed by atoms with Crippen molar-refractivity contribution in [3.8, 4) is 33.9 Å². The molecule has 7 nitrogen and oxygen atoms in total. The van der Waals surface area contributed by atoms with Crippen LogP contribution >= 0.6 is 0 Å². The molecule has 0 bridgehead atoms. The third-order valence-corrected chi connectivity index (χ3v) is 4.68. The van der Waals surface area contributed by atoms with Gasteiger partial charge in [0.15, 0.2) is 11.5 Å². The molecule has 0 unspecified atom stereocenters. The number of hydrogen-bond donors (Lipinski definition) is 0. The molecule has 0 aliphatic rings. The summed E-state index contributed by atoms with van der Waals surface area (Å²) in [5, 5.41) is 11.0. The zero-order valence-corrected chi connectivity index (χ0v) is 16.6. The van der Waals surface area contributed by atoms with Crippen LogP contribution in [0.1, 0.15) is 17.4 Å². The minimum absolute atomic E-state index is 0.0218. The second-order valence-corrected chi connectivity index (χ2v) is 6.63. The lowest BCUT2D eigenvalue weighted by Crippen LogP contribution is -2.06. The number of esters is 1. The number of nitro groups is 1. The third kappa shape index (κ3) is 4.06. The second-order valence-electron chi connectivity index (χ2n) is 6.63. The number of rotatable bonds is 6. The number of carbonyl (C=O) groups excluding carboxylic acids is 1. The number of ether oxygens (including phenoxy) is 1. The number of aromatic nitrogens is 1. The standard InChI is InChI=1S/C24H18N2O5/c1-2-30-24(27)21-22(17-12-14-18(15-13-17)26(28)29)31-23(25-21)20-11-7-6-10-19(20)16-8-4-3-5-9-16/h3-15H,2H2,1H3. The predicted octanol–water partition coefficient (Wildman–Crippen LogP) is 5.76. The van der Waals surface area contributed by atoms with Crippen LogP contribution in [0, 0.1) is 10.1 Å². The van der Waals surface area contributed by atoms with Gasteiger partial charge in [-0.2, -0.15) is 0 Å². The van der Waals surface area contributed by atoms with Gasteiger partial charge in [-0.25, -0.2) is 9.78 Å². The minimum atomic E-state index is -0.622. The average Bonchev–Trinajstić information content (AvgIpc) is 3.25. The van der Waals surface area contributed by atoms with E-state index < -0.39 is 10.9 Å². The summed E-state index contributed by atoms with van der Waals surface area (Å²) in [6.45, 7) is 1.89. The monoisotopic (exact) mass is 414 g/mol. The molecule has 0 saturated heterocycles. The van der Waals surface area contributed by atoms with Crippen LogP contribution in [-0.4, -0.2) is 22.5 Å². The summed E-state index contributed by atoms with van der Waals surface area (Å²) in [6, 6.07) is 23.1. The van der Waals surface area contributed by atoms with Crippen molar-refractivity contribution < 1.29 is 18.9 Å². The van der Waals surface area contributed by atoms with E-state index in [1.807, 2.05) is 54.6 Å². The Hall–Kier alpha value is -4.26. The van der Waals surface area contributed by atoms with Gasteiger partial charge in [-0.3, -0.25) is 10.1 Å². The van der Waals surface area contributed by atoms with Crippen LogP contribution in [0.2, 0.25) is 0 Å². The first kappa shape index (κ1) is 20.0. The fourth-order valence-corrected chi connectivity index (χ4v) is 3.24. The third-order valence-electron chi connectivity index (χ3n) is 4.68. The second kappa shape index (κ2) is 8.62. The highest BCUT2D eigenvalue weighted by atomic mass is 16.6. The number of oxazole rings is 1. The lowest BCUT2D eigenvalue weighted by Gasteiger charge is -2.06. The van der Waals surface area contributed by atoms with Crippen LogP contribution in [-0.2, 0) is 4.74 Å². The van der Waals surface area contributed by atoms with E-state index in [-0.39, 0.29) is 29.6 Å². The van der Waals surface area contributed by atoms with Gasteiger partial charge in [0.1, 0.15) is 0 Å². The van der Waals surface area contributed by atoms with Gasteiger partial charge in [0.25, 0.3) is 5.69 Å². The molecule has 7 heteroatoms. The molecule has 3 aromatic carbocycles. The molecule has 31 heavy (non-hydrogen) atoms. The van der Waals surface area contributed by atoms with E-state index in [1.165, 1.54) is 24.3 Å². The van der Waals surface area contributed by atoms with Gasteiger partial charge in [0, 0.05) is 23.3 Å². The predicted molar refractivity (Wildman–Crippen MR) is 115 cm³/mol. The van der Waals surface area contributed by atoms with Gasteiger partial charge in [-0.15, -0.1) is 0 Å². The van der Waals surface area contributed by atoms with Gasteiger partial charge < -0.3 is 9.15 Å². The van der Waals surface area contributed by atoms with Gasteiger partial charge in [0.05, 0.1) is 11.5 Å². The quantitative estimate of drug-likeness (QED) is 0.226. The first-order valence-electron chi connectivity index (χ1n) is 9.66. The van der Waals surface area contributed by atoms with Crippen molar-refractivity contribution >= 4 is 11.7 Å². The molecule has 0 atom stereocenters. The smallest absolute Gasteiger partial charge is 0.361 e. The number of nitrogens with zero attached hydrogens (tertiary/aromatic N) is 2. The van der Waals surface area contributed by atoms with E-state index in [1.54, 1.807) is 6.92 Å². The Labute approximate surface area is 178 Å². The Balaban J connectivity index is 1.85. The summed E-state index contributed by atoms with van der Waals surface area (Å²) in [7, 11) is 0. The first-order valence-corrected chi connectivity index (χ1v) is 9.66. The number of non-ortho nitro benzene ring substituents is 1. The lowest BCUT2D eigenvalue weighted by molar-refractivity contribution is -0.384. The van der Waals surface area contributed by atoms with Crippen molar-refractivity contribution in [3.05, 3.63) is 94.7 Å². The molecule has 0 N–H and O–H groups in total. The topological polar surface area (TPSA) is 95.5 Å². The molecule has 0 saturated carbocycles. The van der Waals surface area contributed by atoms with Crippen LogP contribution < -0.4 is 0 Å². The van der Waals surface area contributed by atoms with Gasteiger partial charge in [-0.05, 0) is 36.2 Å². The maximum atomic E-state index is 12.6. The van der Waals surface area contributed by atoms with E-state index >= 15 is 0 Å². The molecule has 0 spiro atoms. The number of hydrogen-bond acceptors (Lipinski definition) is 6. The molecule has 4 aromatic rings. The van der Waals surface area contributed by atoms with E-state index in [0.29, 0.717) is 11.1 Å². The van der Waals surface area contributed by atoms with E-state index in [0.717, 1.165) is 11.1 Å². The highest BCUT2D eigenvalue weighted by molar-refractivity contribution is 5.95. The number of nitro benzene ring substituents is 1. The van der Waals surface area contributed by atoms with Crippen molar-refractivity contribution in [2.75, 3.05) is 6.61 Å². The maximum Gasteiger partial charge on any atom is 0.361 e. The van der Waals surface area contributed by atoms with E-state index in [9.17, 15) is 14.9 Å². The Bertz CT molecular complexity index is 1230. The molecule has 4 rings (SSSR count). The lowest BCUT2D eigenvalue weighted by atomic mass is 10.00. The summed E-state index contributed by atoms with van der Waals surface area (Å²) >= 11 is 0. The molecule has 0 aliphatic heterocycles. The van der Waals surface area contributed by atoms with Crippen LogP contribution in [0.5, 0.6) is 0 Å². The zero-order valence-electron chi connectivity index (χ0n) is 16.6. The van der Waals surface area contributed by atoms with Crippen molar-refractivity contribution in [1.82, 2.24) is 4.98 Å². The van der Waals surface area contributed by atoms with Gasteiger partial charge >= 0.3 is 5.97 Å². The fourth-order valence-electron chi connectivity index (χ4n) is 3.24. The molecule has 1 heterocycles. The molecular weight excluding hydrogens is 396 g/mol.